The van der Waals surface area contributed by atoms with Gasteiger partial charge in [0, 0.05) is 46.0 Å². The summed E-state index contributed by atoms with van der Waals surface area (Å²) in [4.78, 5) is 77.4. The van der Waals surface area contributed by atoms with Gasteiger partial charge in [-0.25, -0.2) is 0 Å². The third-order valence-electron chi connectivity index (χ3n) is 9.65. The number of aliphatic hydroxyl groups is 1. The maximum Gasteiger partial charge on any atom is 0.307 e. The molecular weight excluding hydrogens is 580 g/mol. The zero-order valence-corrected chi connectivity index (χ0v) is 26.2. The molecule has 4 rings (SSSR count). The summed E-state index contributed by atoms with van der Waals surface area (Å²) in [5, 5.41) is 12.7. The minimum Gasteiger partial charge on any atom is -0.461 e. The number of esters is 6. The van der Waals surface area contributed by atoms with Crippen LogP contribution in [0.2, 0.25) is 0 Å². The van der Waals surface area contributed by atoms with Gasteiger partial charge in [-0.05, 0) is 26.3 Å². The van der Waals surface area contributed by atoms with E-state index in [0.717, 1.165) is 27.7 Å². The van der Waals surface area contributed by atoms with E-state index in [1.54, 1.807) is 12.2 Å². The molecule has 0 amide bonds. The average molecular weight is 621 g/mol. The fourth-order valence-corrected chi connectivity index (χ4v) is 8.39. The Morgan fingerprint density at radius 1 is 0.886 bits per heavy atom. The molecule has 1 aliphatic heterocycles. The van der Waals surface area contributed by atoms with Gasteiger partial charge in [0.1, 0.15) is 6.10 Å². The Morgan fingerprint density at radius 2 is 1.45 bits per heavy atom. The molecule has 44 heavy (non-hydrogen) atoms. The van der Waals surface area contributed by atoms with Crippen LogP contribution in [0, 0.1) is 23.2 Å². The maximum absolute atomic E-state index is 13.3. The fourth-order valence-electron chi connectivity index (χ4n) is 8.39. The van der Waals surface area contributed by atoms with Gasteiger partial charge in [-0.1, -0.05) is 25.7 Å². The van der Waals surface area contributed by atoms with Crippen molar-refractivity contribution in [2.75, 3.05) is 0 Å². The van der Waals surface area contributed by atoms with Gasteiger partial charge in [0.25, 0.3) is 0 Å². The van der Waals surface area contributed by atoms with Crippen molar-refractivity contribution in [1.29, 1.82) is 0 Å². The number of carbonyl (C=O) groups is 6. The summed E-state index contributed by atoms with van der Waals surface area (Å²) in [6.07, 6.45) is -3.71. The van der Waals surface area contributed by atoms with Gasteiger partial charge in [-0.2, -0.15) is 0 Å². The third-order valence-corrected chi connectivity index (χ3v) is 9.65. The zero-order valence-electron chi connectivity index (χ0n) is 26.2. The first-order chi connectivity index (χ1) is 20.3. The molecule has 0 radical (unpaired) electrons. The molecule has 1 saturated heterocycles. The second-order valence-electron chi connectivity index (χ2n) is 12.5. The quantitative estimate of drug-likeness (QED) is 0.248. The number of ether oxygens (including phenoxy) is 6. The van der Waals surface area contributed by atoms with E-state index in [2.05, 4.69) is 6.58 Å². The highest BCUT2D eigenvalue weighted by Gasteiger charge is 2.85. The van der Waals surface area contributed by atoms with Gasteiger partial charge in [0.15, 0.2) is 29.5 Å². The number of carbonyl (C=O) groups excluding carboxylic acids is 6. The summed E-state index contributed by atoms with van der Waals surface area (Å²) in [5.41, 5.74) is -7.53. The average Bonchev–Trinajstić information content (AvgIpc) is 3.28. The van der Waals surface area contributed by atoms with Crippen molar-refractivity contribution in [2.45, 2.75) is 109 Å². The first kappa shape index (κ1) is 33.2. The molecule has 0 aromatic rings. The van der Waals surface area contributed by atoms with E-state index in [-0.39, 0.29) is 18.4 Å². The third kappa shape index (κ3) is 4.62. The van der Waals surface area contributed by atoms with Gasteiger partial charge in [0.2, 0.25) is 0 Å². The number of fused-ring (bicyclic) bond motifs is 2. The van der Waals surface area contributed by atoms with Crippen molar-refractivity contribution in [1.82, 2.24) is 0 Å². The fraction of sp³-hybridized carbons (Fsp3) is 0.677. The highest BCUT2D eigenvalue weighted by Crippen LogP contribution is 2.69. The van der Waals surface area contributed by atoms with E-state index in [1.165, 1.54) is 27.7 Å². The van der Waals surface area contributed by atoms with E-state index >= 15 is 0 Å². The second kappa shape index (κ2) is 11.0. The molecule has 13 heteroatoms. The predicted octanol–water partition coefficient (Wildman–Crippen LogP) is 1.87. The molecule has 0 aromatic carbocycles. The Bertz CT molecular complexity index is 1330. The summed E-state index contributed by atoms with van der Waals surface area (Å²) in [6, 6.07) is 0. The van der Waals surface area contributed by atoms with E-state index in [1.807, 2.05) is 0 Å². The first-order valence-electron chi connectivity index (χ1n) is 14.5. The topological polar surface area (TPSA) is 178 Å². The van der Waals surface area contributed by atoms with Gasteiger partial charge in [0.05, 0.1) is 23.4 Å². The van der Waals surface area contributed by atoms with E-state index < -0.39 is 100 Å². The Labute approximate surface area is 255 Å². The Kier molecular flexibility index (Phi) is 8.29. The molecule has 242 valence electrons. The molecular formula is C31H40O13. The lowest BCUT2D eigenvalue weighted by Gasteiger charge is -2.52. The van der Waals surface area contributed by atoms with Crippen LogP contribution in [-0.2, 0) is 57.2 Å². The Morgan fingerprint density at radius 3 is 1.95 bits per heavy atom. The molecule has 3 aliphatic carbocycles. The molecule has 1 spiro atoms. The summed E-state index contributed by atoms with van der Waals surface area (Å²) in [6.45, 7) is 14.5. The van der Waals surface area contributed by atoms with Crippen molar-refractivity contribution in [2.24, 2.45) is 23.2 Å². The van der Waals surface area contributed by atoms with Crippen molar-refractivity contribution >= 4 is 35.8 Å². The normalized spacial score (nSPS) is 41.7. The predicted molar refractivity (Wildman–Crippen MR) is 148 cm³/mol. The second-order valence-corrected chi connectivity index (χ2v) is 12.5. The Balaban J connectivity index is 2.24. The van der Waals surface area contributed by atoms with Crippen LogP contribution in [0.15, 0.2) is 24.3 Å². The molecule has 0 unspecified atom stereocenters. The summed E-state index contributed by atoms with van der Waals surface area (Å²) in [5.74, 6) is -8.16. The van der Waals surface area contributed by atoms with Crippen molar-refractivity contribution < 1.29 is 62.3 Å². The van der Waals surface area contributed by atoms with Crippen LogP contribution in [0.4, 0.5) is 0 Å². The molecule has 0 aromatic heterocycles. The number of rotatable bonds is 7. The summed E-state index contributed by atoms with van der Waals surface area (Å²) >= 11 is 0. The molecule has 1 N–H and O–H groups in total. The molecule has 1 heterocycles. The number of hydrogen-bond donors (Lipinski definition) is 1. The standard InChI is InChI=1S/C31H40O13/c1-10-22(36)42-25-26(40-16(5)33)31(14(2)3)21(13-23(37)44-31)28(8,38)20-12-11-19-24(39-15(4)32)30(20,25)27(41-17(6)34)29(19,9)43-18(7)35/h11-12,19-21,24-27,38H,2,10,13H2,1,3-9H3/t19-,20+,21+,24-,25-,26-,27+,28-,29+,30+,31+/m1/s1. The largest absolute Gasteiger partial charge is 0.461 e. The van der Waals surface area contributed by atoms with Crippen LogP contribution in [0.25, 0.3) is 0 Å². The van der Waals surface area contributed by atoms with Crippen LogP contribution in [0.3, 0.4) is 0 Å². The van der Waals surface area contributed by atoms with Gasteiger partial charge < -0.3 is 33.5 Å². The molecule has 4 aliphatic rings. The van der Waals surface area contributed by atoms with E-state index in [9.17, 15) is 33.9 Å². The van der Waals surface area contributed by atoms with Crippen molar-refractivity contribution in [3.8, 4) is 0 Å². The lowest BCUT2D eigenvalue weighted by Crippen LogP contribution is -2.67. The van der Waals surface area contributed by atoms with Gasteiger partial charge in [-0.3, -0.25) is 28.8 Å². The van der Waals surface area contributed by atoms with Crippen molar-refractivity contribution in [3.05, 3.63) is 24.3 Å². The van der Waals surface area contributed by atoms with Crippen LogP contribution in [0.1, 0.15) is 68.2 Å². The van der Waals surface area contributed by atoms with Crippen molar-refractivity contribution in [3.63, 3.8) is 0 Å². The lowest BCUT2D eigenvalue weighted by molar-refractivity contribution is -0.241. The van der Waals surface area contributed by atoms with Crippen LogP contribution in [0.5, 0.6) is 0 Å². The highest BCUT2D eigenvalue weighted by molar-refractivity contribution is 5.76. The maximum atomic E-state index is 13.3. The van der Waals surface area contributed by atoms with Crippen LogP contribution < -0.4 is 0 Å². The molecule has 2 bridgehead atoms. The van der Waals surface area contributed by atoms with Gasteiger partial charge in [-0.15, -0.1) is 0 Å². The van der Waals surface area contributed by atoms with Gasteiger partial charge >= 0.3 is 35.8 Å². The molecule has 2 saturated carbocycles. The molecule has 13 nitrogen and oxygen atoms in total. The minimum atomic E-state index is -2.00. The minimum absolute atomic E-state index is 0.166. The smallest absolute Gasteiger partial charge is 0.307 e. The zero-order chi connectivity index (χ0) is 33.2. The van der Waals surface area contributed by atoms with E-state index in [4.69, 9.17) is 28.4 Å². The number of hydrogen-bond acceptors (Lipinski definition) is 13. The van der Waals surface area contributed by atoms with Crippen LogP contribution in [-0.4, -0.2) is 82.1 Å². The SMILES string of the molecule is C=C(C)[C@]12OC(=O)C[C@H]1[C@](C)(O)[C@@H]1C=C[C@@H]3[C@@H](OC(C)=O)[C@@]1([C@H](OC(=O)CC)[C@H]2OC(C)=O)[C@@H](OC(C)=O)[C@@]3(C)OC(C)=O. The highest BCUT2D eigenvalue weighted by atomic mass is 16.6. The molecule has 11 atom stereocenters. The monoisotopic (exact) mass is 620 g/mol. The summed E-state index contributed by atoms with van der Waals surface area (Å²) in [7, 11) is 0. The summed E-state index contributed by atoms with van der Waals surface area (Å²) < 4.78 is 35.8. The first-order valence-corrected chi connectivity index (χ1v) is 14.5. The van der Waals surface area contributed by atoms with Crippen LogP contribution >= 0.6 is 0 Å². The Hall–Kier alpha value is -3.74. The molecule has 3 fully saturated rings. The lowest BCUT2D eigenvalue weighted by atomic mass is 9.57. The van der Waals surface area contributed by atoms with E-state index in [0.29, 0.717) is 0 Å².